The van der Waals surface area contributed by atoms with Gasteiger partial charge in [0.05, 0.1) is 22.9 Å². The standard InChI is InChI=1S/C18H15S.C17H28O2.C6H10F4O3S/c1-4-10-16(11-5-1)19(17-12-6-2-7-13-17)18-14-8-3-9-15-18;1-2-3-4-5-6-19-16(18)17-10-13-7-14(11-17)9-15(8-13)12-17;1-2-3-4-5(7,8)6(9,10)14(11,12)13/h1-15H;13-15H,2-12H2,1H3;2-4H2,1H3,(H,11,12,13)/q+1;;/p-1. The molecule has 0 spiro atoms. The molecule has 0 unspecified atom stereocenters. The predicted molar refractivity (Wildman–Crippen MR) is 196 cm³/mol. The summed E-state index contributed by atoms with van der Waals surface area (Å²) in [5.41, 5.74) is -0.0560. The Balaban J connectivity index is 0.000000178. The summed E-state index contributed by atoms with van der Waals surface area (Å²) < 4.78 is 85.1. The summed E-state index contributed by atoms with van der Waals surface area (Å²) in [6, 6.07) is 32.2. The fraction of sp³-hybridized carbons (Fsp3) is 0.537. The van der Waals surface area contributed by atoms with Crippen molar-refractivity contribution in [1.82, 2.24) is 0 Å². The van der Waals surface area contributed by atoms with Crippen molar-refractivity contribution in [3.05, 3.63) is 91.0 Å². The van der Waals surface area contributed by atoms with Crippen LogP contribution in [0.25, 0.3) is 0 Å². The van der Waals surface area contributed by atoms with Crippen LogP contribution in [-0.4, -0.2) is 36.7 Å². The molecule has 7 rings (SSSR count). The number of hydrogen-bond acceptors (Lipinski definition) is 5. The zero-order valence-corrected chi connectivity index (χ0v) is 31.8. The molecule has 4 bridgehead atoms. The maximum atomic E-state index is 12.6. The van der Waals surface area contributed by atoms with Gasteiger partial charge in [-0.05, 0) is 106 Å². The number of benzene rings is 3. The van der Waals surface area contributed by atoms with Crippen LogP contribution in [0.5, 0.6) is 0 Å². The number of carbonyl (C=O) groups is 1. The second-order valence-electron chi connectivity index (χ2n) is 14.4. The van der Waals surface area contributed by atoms with Gasteiger partial charge in [0.15, 0.2) is 24.8 Å². The average Bonchev–Trinajstić information content (AvgIpc) is 3.11. The molecule has 11 heteroatoms. The number of halogens is 4. The van der Waals surface area contributed by atoms with Gasteiger partial charge in [0.1, 0.15) is 0 Å². The van der Waals surface area contributed by atoms with Gasteiger partial charge in [-0.25, -0.2) is 8.42 Å². The van der Waals surface area contributed by atoms with E-state index in [1.807, 2.05) is 0 Å². The van der Waals surface area contributed by atoms with Crippen LogP contribution in [-0.2, 0) is 30.5 Å². The van der Waals surface area contributed by atoms with E-state index in [0.717, 1.165) is 43.4 Å². The van der Waals surface area contributed by atoms with E-state index in [0.29, 0.717) is 6.61 Å². The van der Waals surface area contributed by atoms with Crippen molar-refractivity contribution in [2.75, 3.05) is 6.61 Å². The summed E-state index contributed by atoms with van der Waals surface area (Å²) in [6.45, 7) is 4.34. The van der Waals surface area contributed by atoms with Crippen LogP contribution < -0.4 is 0 Å². The van der Waals surface area contributed by atoms with Crippen LogP contribution in [0.3, 0.4) is 0 Å². The van der Waals surface area contributed by atoms with Crippen molar-refractivity contribution in [3.8, 4) is 0 Å². The second-order valence-corrected chi connectivity index (χ2v) is 17.9. The first-order chi connectivity index (χ1) is 24.7. The van der Waals surface area contributed by atoms with Crippen LogP contribution in [0.15, 0.2) is 106 Å². The fourth-order valence-electron chi connectivity index (χ4n) is 8.01. The minimum Gasteiger partial charge on any atom is -0.743 e. The molecule has 286 valence electrons. The highest BCUT2D eigenvalue weighted by atomic mass is 32.2. The largest absolute Gasteiger partial charge is 0.743 e. The van der Waals surface area contributed by atoms with Crippen molar-refractivity contribution in [3.63, 3.8) is 0 Å². The Kier molecular flexibility index (Phi) is 15.2. The van der Waals surface area contributed by atoms with Gasteiger partial charge >= 0.3 is 17.1 Å². The molecule has 0 atom stereocenters. The Morgan fingerprint density at radius 1 is 0.712 bits per heavy atom. The highest BCUT2D eigenvalue weighted by molar-refractivity contribution is 7.97. The minimum atomic E-state index is -6.32. The number of esters is 1. The monoisotopic (exact) mass is 764 g/mol. The molecule has 3 aromatic rings. The summed E-state index contributed by atoms with van der Waals surface area (Å²) in [6.07, 6.45) is 10.9. The molecule has 52 heavy (non-hydrogen) atoms. The van der Waals surface area contributed by atoms with E-state index in [-0.39, 0.29) is 35.1 Å². The van der Waals surface area contributed by atoms with Crippen LogP contribution in [0.1, 0.15) is 97.3 Å². The van der Waals surface area contributed by atoms with Gasteiger partial charge in [-0.2, -0.15) is 17.6 Å². The fourth-order valence-corrected chi connectivity index (χ4v) is 10.6. The quantitative estimate of drug-likeness (QED) is 0.0537. The number of hydrogen-bond donors (Lipinski definition) is 0. The lowest BCUT2D eigenvalue weighted by Gasteiger charge is -2.55. The highest BCUT2D eigenvalue weighted by Crippen LogP contribution is 2.60. The molecule has 4 fully saturated rings. The third-order valence-corrected chi connectivity index (χ3v) is 13.4. The topological polar surface area (TPSA) is 83.5 Å². The van der Waals surface area contributed by atoms with Crippen molar-refractivity contribution in [1.29, 1.82) is 0 Å². The first-order valence-corrected chi connectivity index (χ1v) is 21.1. The summed E-state index contributed by atoms with van der Waals surface area (Å²) >= 11 is 0. The maximum Gasteiger partial charge on any atom is 0.396 e. The molecule has 0 N–H and O–H groups in total. The molecular formula is C41H52F4O5S2. The first kappa shape index (κ1) is 41.9. The number of alkyl halides is 4. The number of ether oxygens (including phenoxy) is 1. The Morgan fingerprint density at radius 2 is 1.12 bits per heavy atom. The van der Waals surface area contributed by atoms with Gasteiger partial charge in [0, 0.05) is 6.42 Å². The number of unbranched alkanes of at least 4 members (excludes halogenated alkanes) is 4. The molecule has 4 aliphatic rings. The Morgan fingerprint density at radius 3 is 1.48 bits per heavy atom. The molecule has 4 aliphatic carbocycles. The lowest BCUT2D eigenvalue weighted by Crippen LogP contribution is -2.50. The van der Waals surface area contributed by atoms with Crippen molar-refractivity contribution < 1.29 is 40.1 Å². The van der Waals surface area contributed by atoms with Crippen molar-refractivity contribution in [2.24, 2.45) is 23.2 Å². The van der Waals surface area contributed by atoms with Crippen LogP contribution in [0, 0.1) is 23.2 Å². The summed E-state index contributed by atoms with van der Waals surface area (Å²) in [5, 5.41) is -5.53. The molecule has 0 radical (unpaired) electrons. The Labute approximate surface area is 310 Å². The van der Waals surface area contributed by atoms with Crippen LogP contribution in [0.2, 0.25) is 0 Å². The normalized spacial score (nSPS) is 22.2. The van der Waals surface area contributed by atoms with Gasteiger partial charge < -0.3 is 9.29 Å². The van der Waals surface area contributed by atoms with Crippen molar-refractivity contribution >= 4 is 27.0 Å². The Hall–Kier alpha value is -2.89. The van der Waals surface area contributed by atoms with E-state index in [9.17, 15) is 35.3 Å². The first-order valence-electron chi connectivity index (χ1n) is 18.5. The number of carbonyl (C=O) groups excluding carboxylic acids is 1. The zero-order chi connectivity index (χ0) is 37.8. The zero-order valence-electron chi connectivity index (χ0n) is 30.2. The third-order valence-electron chi connectivity index (χ3n) is 10.2. The molecule has 0 aromatic heterocycles. The van der Waals surface area contributed by atoms with E-state index in [4.69, 9.17) is 4.74 Å². The highest BCUT2D eigenvalue weighted by Gasteiger charge is 2.61. The number of rotatable bonds is 14. The van der Waals surface area contributed by atoms with Crippen LogP contribution in [0.4, 0.5) is 17.6 Å². The molecule has 5 nitrogen and oxygen atoms in total. The SMILES string of the molecule is CCCCC(F)(F)C(F)(F)S(=O)(=O)[O-].CCCCCCOC(=O)C12CC3CC(CC(C3)C1)C2.c1ccc([S+](c2ccccc2)c2ccccc2)cc1. The van der Waals surface area contributed by atoms with E-state index < -0.39 is 27.7 Å². The van der Waals surface area contributed by atoms with Gasteiger partial charge in [0.2, 0.25) is 0 Å². The maximum absolute atomic E-state index is 12.6. The molecule has 0 saturated heterocycles. The van der Waals surface area contributed by atoms with Gasteiger partial charge in [-0.1, -0.05) is 94.1 Å². The molecule has 0 aliphatic heterocycles. The molecule has 3 aromatic carbocycles. The lowest BCUT2D eigenvalue weighted by atomic mass is 9.49. The molecular weight excluding hydrogens is 713 g/mol. The van der Waals surface area contributed by atoms with E-state index in [1.165, 1.54) is 60.1 Å². The lowest BCUT2D eigenvalue weighted by molar-refractivity contribution is -0.171. The summed E-state index contributed by atoms with van der Waals surface area (Å²) in [4.78, 5) is 16.6. The average molecular weight is 765 g/mol. The summed E-state index contributed by atoms with van der Waals surface area (Å²) in [5.74, 6) is -2.15. The van der Waals surface area contributed by atoms with E-state index in [2.05, 4.69) is 97.9 Å². The predicted octanol–water partition coefficient (Wildman–Crippen LogP) is 11.1. The van der Waals surface area contributed by atoms with Gasteiger partial charge in [0.25, 0.3) is 0 Å². The second kappa shape index (κ2) is 18.9. The smallest absolute Gasteiger partial charge is 0.396 e. The third kappa shape index (κ3) is 10.8. The van der Waals surface area contributed by atoms with Gasteiger partial charge in [-0.15, -0.1) is 0 Å². The molecule has 4 saturated carbocycles. The van der Waals surface area contributed by atoms with Crippen LogP contribution >= 0.6 is 0 Å². The minimum absolute atomic E-state index is 0.0146. The molecule has 0 amide bonds. The Bertz CT molecular complexity index is 1490. The van der Waals surface area contributed by atoms with E-state index in [1.54, 1.807) is 0 Å². The van der Waals surface area contributed by atoms with Crippen molar-refractivity contribution in [2.45, 2.75) is 123 Å². The van der Waals surface area contributed by atoms with Gasteiger partial charge in [-0.3, -0.25) is 4.79 Å². The molecule has 0 heterocycles. The summed E-state index contributed by atoms with van der Waals surface area (Å²) in [7, 11) is -6.34. The van der Waals surface area contributed by atoms with E-state index >= 15 is 0 Å².